The molecule has 1 saturated heterocycles. The van der Waals surface area contributed by atoms with E-state index in [2.05, 4.69) is 56.2 Å². The summed E-state index contributed by atoms with van der Waals surface area (Å²) >= 11 is 0. The zero-order chi connectivity index (χ0) is 18.3. The van der Waals surface area contributed by atoms with Crippen LogP contribution in [-0.2, 0) is 5.41 Å². The summed E-state index contributed by atoms with van der Waals surface area (Å²) in [5, 5.41) is 11.6. The zero-order valence-corrected chi connectivity index (χ0v) is 15.5. The van der Waals surface area contributed by atoms with E-state index in [0.29, 0.717) is 0 Å². The maximum absolute atomic E-state index is 11.6. The quantitative estimate of drug-likeness (QED) is 0.833. The van der Waals surface area contributed by atoms with Gasteiger partial charge in [0.1, 0.15) is 5.82 Å². The van der Waals surface area contributed by atoms with Crippen molar-refractivity contribution >= 4 is 5.82 Å². The van der Waals surface area contributed by atoms with Crippen molar-refractivity contribution in [1.29, 1.82) is 0 Å². The van der Waals surface area contributed by atoms with Crippen molar-refractivity contribution < 1.29 is 5.11 Å². The molecule has 0 unspecified atom stereocenters. The van der Waals surface area contributed by atoms with Crippen LogP contribution in [0.1, 0.15) is 36.4 Å². The maximum Gasteiger partial charge on any atom is 0.147 e. The highest BCUT2D eigenvalue weighted by atomic mass is 16.3. The molecule has 5 heteroatoms. The molecule has 5 rings (SSSR count). The number of aromatic nitrogens is 2. The molecule has 0 saturated carbocycles. The molecule has 0 amide bonds. The van der Waals surface area contributed by atoms with E-state index in [1.165, 1.54) is 11.1 Å². The molecule has 1 aliphatic carbocycles. The largest absolute Gasteiger partial charge is 0.390 e. The number of hydrogen-bond acceptors (Lipinski definition) is 5. The molecular formula is C22H26N4O. The summed E-state index contributed by atoms with van der Waals surface area (Å²) in [6, 6.07) is 8.82. The molecule has 5 nitrogen and oxygen atoms in total. The molecule has 140 valence electrons. The highest BCUT2D eigenvalue weighted by Gasteiger charge is 2.54. The number of hydrogen-bond donors (Lipinski definition) is 1. The van der Waals surface area contributed by atoms with Crippen LogP contribution in [0.2, 0.25) is 0 Å². The van der Waals surface area contributed by atoms with Crippen LogP contribution in [0.4, 0.5) is 5.82 Å². The Morgan fingerprint density at radius 2 is 1.89 bits per heavy atom. The van der Waals surface area contributed by atoms with E-state index in [9.17, 15) is 5.11 Å². The number of anilines is 1. The molecule has 2 aliphatic heterocycles. The van der Waals surface area contributed by atoms with Crippen LogP contribution in [0.5, 0.6) is 0 Å². The fourth-order valence-corrected chi connectivity index (χ4v) is 5.30. The minimum absolute atomic E-state index is 0.106. The zero-order valence-electron chi connectivity index (χ0n) is 15.5. The van der Waals surface area contributed by atoms with E-state index in [-0.39, 0.29) is 17.6 Å². The third kappa shape index (κ3) is 2.68. The van der Waals surface area contributed by atoms with Crippen molar-refractivity contribution in [1.82, 2.24) is 14.9 Å². The molecule has 3 aliphatic rings. The van der Waals surface area contributed by atoms with Gasteiger partial charge in [0, 0.05) is 44.0 Å². The summed E-state index contributed by atoms with van der Waals surface area (Å²) in [5.41, 5.74) is 2.53. The summed E-state index contributed by atoms with van der Waals surface area (Å²) in [6.07, 6.45) is 12.4. The predicted molar refractivity (Wildman–Crippen MR) is 106 cm³/mol. The van der Waals surface area contributed by atoms with Crippen LogP contribution in [0, 0.1) is 0 Å². The van der Waals surface area contributed by atoms with Crippen molar-refractivity contribution in [3.05, 3.63) is 66.1 Å². The summed E-state index contributed by atoms with van der Waals surface area (Å²) in [6.45, 7) is 3.75. The van der Waals surface area contributed by atoms with Crippen molar-refractivity contribution in [3.8, 4) is 0 Å². The molecule has 1 N–H and O–H groups in total. The molecular weight excluding hydrogens is 336 g/mol. The van der Waals surface area contributed by atoms with E-state index < -0.39 is 0 Å². The second-order valence-corrected chi connectivity index (χ2v) is 7.94. The van der Waals surface area contributed by atoms with Crippen molar-refractivity contribution in [2.45, 2.75) is 36.8 Å². The van der Waals surface area contributed by atoms with Gasteiger partial charge < -0.3 is 10.0 Å². The molecule has 0 radical (unpaired) electrons. The lowest BCUT2D eigenvalue weighted by atomic mass is 9.72. The maximum atomic E-state index is 11.6. The van der Waals surface area contributed by atoms with E-state index in [4.69, 9.17) is 0 Å². The van der Waals surface area contributed by atoms with Gasteiger partial charge in [-0.3, -0.25) is 9.88 Å². The third-order valence-electron chi connectivity index (χ3n) is 6.69. The number of fused-ring (bicyclic) bond motifs is 2. The molecule has 2 atom stereocenters. The van der Waals surface area contributed by atoms with Gasteiger partial charge in [-0.25, -0.2) is 4.98 Å². The van der Waals surface area contributed by atoms with Crippen LogP contribution >= 0.6 is 0 Å². The van der Waals surface area contributed by atoms with Crippen LogP contribution < -0.4 is 4.90 Å². The number of nitrogens with zero attached hydrogens (tertiary/aromatic N) is 4. The number of aliphatic hydroxyl groups excluding tert-OH is 1. The monoisotopic (exact) mass is 362 g/mol. The molecule has 1 fully saturated rings. The Balaban J connectivity index is 1.45. The lowest BCUT2D eigenvalue weighted by Crippen LogP contribution is -2.50. The Labute approximate surface area is 160 Å². The smallest absolute Gasteiger partial charge is 0.147 e. The van der Waals surface area contributed by atoms with Crippen LogP contribution in [-0.4, -0.2) is 52.3 Å². The van der Waals surface area contributed by atoms with Gasteiger partial charge in [-0.1, -0.05) is 36.4 Å². The number of benzene rings is 1. The van der Waals surface area contributed by atoms with E-state index in [1.807, 2.05) is 6.20 Å². The van der Waals surface area contributed by atoms with Crippen molar-refractivity contribution in [2.24, 2.45) is 0 Å². The Hall–Kier alpha value is -2.24. The molecule has 1 aromatic carbocycles. The average molecular weight is 362 g/mol. The SMILES string of the molecule is O[C@H]1[C@H](N2CC=CCC2)c2ccccc2C12CCN(c1cnccn1)CC2. The topological polar surface area (TPSA) is 52.5 Å². The third-order valence-corrected chi connectivity index (χ3v) is 6.69. The second kappa shape index (κ2) is 6.73. The number of piperidine rings is 1. The first-order valence-corrected chi connectivity index (χ1v) is 9.97. The minimum Gasteiger partial charge on any atom is -0.390 e. The normalized spacial score (nSPS) is 27.1. The molecule has 1 spiro atoms. The minimum atomic E-state index is -0.356. The average Bonchev–Trinajstić information content (AvgIpc) is 2.98. The van der Waals surface area contributed by atoms with E-state index >= 15 is 0 Å². The van der Waals surface area contributed by atoms with Gasteiger partial charge in [-0.05, 0) is 30.4 Å². The van der Waals surface area contributed by atoms with E-state index in [1.54, 1.807) is 12.4 Å². The molecule has 2 aromatic rings. The molecule has 0 bridgehead atoms. The highest BCUT2D eigenvalue weighted by molar-refractivity contribution is 5.47. The van der Waals surface area contributed by atoms with Crippen LogP contribution in [0.15, 0.2) is 55.0 Å². The fraction of sp³-hybridized carbons (Fsp3) is 0.455. The van der Waals surface area contributed by atoms with E-state index in [0.717, 1.165) is 51.3 Å². The first kappa shape index (κ1) is 16.9. The van der Waals surface area contributed by atoms with Gasteiger partial charge in [0.25, 0.3) is 0 Å². The predicted octanol–water partition coefficient (Wildman–Crippen LogP) is 2.69. The number of rotatable bonds is 2. The molecule has 1 aromatic heterocycles. The highest BCUT2D eigenvalue weighted by Crippen LogP contribution is 2.53. The van der Waals surface area contributed by atoms with Crippen molar-refractivity contribution in [2.75, 3.05) is 31.1 Å². The van der Waals surface area contributed by atoms with Gasteiger partial charge in [-0.15, -0.1) is 0 Å². The van der Waals surface area contributed by atoms with Gasteiger partial charge in [0.05, 0.1) is 18.3 Å². The van der Waals surface area contributed by atoms with Gasteiger partial charge in [0.15, 0.2) is 0 Å². The number of aliphatic hydroxyl groups is 1. The lowest BCUT2D eigenvalue weighted by molar-refractivity contribution is 0.00334. The summed E-state index contributed by atoms with van der Waals surface area (Å²) < 4.78 is 0. The van der Waals surface area contributed by atoms with Gasteiger partial charge >= 0.3 is 0 Å². The van der Waals surface area contributed by atoms with Crippen molar-refractivity contribution in [3.63, 3.8) is 0 Å². The first-order valence-electron chi connectivity index (χ1n) is 9.97. The first-order chi connectivity index (χ1) is 13.3. The second-order valence-electron chi connectivity index (χ2n) is 7.94. The molecule has 3 heterocycles. The Morgan fingerprint density at radius 3 is 2.63 bits per heavy atom. The fourth-order valence-electron chi connectivity index (χ4n) is 5.30. The summed E-state index contributed by atoms with van der Waals surface area (Å²) in [5.74, 6) is 0.936. The summed E-state index contributed by atoms with van der Waals surface area (Å²) in [4.78, 5) is 13.4. The Kier molecular flexibility index (Phi) is 4.21. The van der Waals surface area contributed by atoms with Gasteiger partial charge in [0.2, 0.25) is 0 Å². The van der Waals surface area contributed by atoms with Crippen LogP contribution in [0.3, 0.4) is 0 Å². The van der Waals surface area contributed by atoms with Crippen LogP contribution in [0.25, 0.3) is 0 Å². The lowest BCUT2D eigenvalue weighted by Gasteiger charge is -2.44. The molecule has 27 heavy (non-hydrogen) atoms. The van der Waals surface area contributed by atoms with Gasteiger partial charge in [-0.2, -0.15) is 0 Å². The standard InChI is InChI=1S/C22H26N4O/c27-21-20(26-12-4-1-5-13-26)17-6-2-3-7-18(17)22(21)8-14-25(15-9-22)19-16-23-10-11-24-19/h1-4,6-7,10-11,16,20-21,27H,5,8-9,12-15H2/t20-,21+/m1/s1. The summed E-state index contributed by atoms with van der Waals surface area (Å²) in [7, 11) is 0. The Bertz CT molecular complexity index is 829. The Morgan fingerprint density at radius 1 is 1.04 bits per heavy atom.